The fourth-order valence-electron chi connectivity index (χ4n) is 1.55. The molecule has 104 valence electrons. The summed E-state index contributed by atoms with van der Waals surface area (Å²) >= 11 is 7.54. The maximum Gasteiger partial charge on any atom is 0.268 e. The average molecular weight is 404 g/mol. The molecule has 0 radical (unpaired) electrons. The zero-order valence-corrected chi connectivity index (χ0v) is 13.5. The van der Waals surface area contributed by atoms with Gasteiger partial charge in [-0.25, -0.2) is 4.98 Å². The topological polar surface area (TPSA) is 64.0 Å². The lowest BCUT2D eigenvalue weighted by Crippen LogP contribution is -2.29. The van der Waals surface area contributed by atoms with Crippen molar-refractivity contribution in [2.45, 2.75) is 13.5 Å². The molecule has 0 aliphatic carbocycles. The van der Waals surface area contributed by atoms with Gasteiger partial charge in [-0.1, -0.05) is 29.3 Å². The highest BCUT2D eigenvalue weighted by atomic mass is 127. The fraction of sp³-hybridized carbons (Fsp3) is 0.154. The van der Waals surface area contributed by atoms with E-state index in [-0.39, 0.29) is 23.2 Å². The first-order valence-electron chi connectivity index (χ1n) is 5.74. The molecule has 20 heavy (non-hydrogen) atoms. The minimum Gasteiger partial charge on any atom is -0.325 e. The number of amides is 1. The third kappa shape index (κ3) is 3.57. The van der Waals surface area contributed by atoms with Crippen LogP contribution in [0.3, 0.4) is 0 Å². The minimum absolute atomic E-state index is 0.104. The Morgan fingerprint density at radius 1 is 1.40 bits per heavy atom. The molecule has 7 heteroatoms. The van der Waals surface area contributed by atoms with Crippen LogP contribution in [0.1, 0.15) is 5.56 Å². The van der Waals surface area contributed by atoms with E-state index >= 15 is 0 Å². The van der Waals surface area contributed by atoms with Gasteiger partial charge in [0.1, 0.15) is 15.3 Å². The number of hydrogen-bond acceptors (Lipinski definition) is 3. The Morgan fingerprint density at radius 2 is 2.05 bits per heavy atom. The highest BCUT2D eigenvalue weighted by molar-refractivity contribution is 14.1. The van der Waals surface area contributed by atoms with E-state index in [1.54, 1.807) is 12.1 Å². The summed E-state index contributed by atoms with van der Waals surface area (Å²) in [7, 11) is 0. The van der Waals surface area contributed by atoms with Crippen molar-refractivity contribution < 1.29 is 4.79 Å². The van der Waals surface area contributed by atoms with Gasteiger partial charge in [-0.15, -0.1) is 0 Å². The van der Waals surface area contributed by atoms with Crippen molar-refractivity contribution in [3.63, 3.8) is 0 Å². The van der Waals surface area contributed by atoms with Crippen molar-refractivity contribution >= 4 is 45.8 Å². The summed E-state index contributed by atoms with van der Waals surface area (Å²) in [6.07, 6.45) is 1.27. The molecule has 2 aromatic rings. The molecule has 2 rings (SSSR count). The van der Waals surface area contributed by atoms with Gasteiger partial charge in [0.2, 0.25) is 5.91 Å². The van der Waals surface area contributed by atoms with Gasteiger partial charge in [-0.3, -0.25) is 14.2 Å². The van der Waals surface area contributed by atoms with Gasteiger partial charge in [-0.2, -0.15) is 0 Å². The van der Waals surface area contributed by atoms with Crippen LogP contribution in [0.15, 0.2) is 35.4 Å². The third-order valence-electron chi connectivity index (χ3n) is 2.59. The average Bonchev–Trinajstić information content (AvgIpc) is 2.42. The molecule has 0 aliphatic heterocycles. The number of anilines is 1. The molecule has 0 aliphatic rings. The van der Waals surface area contributed by atoms with Gasteiger partial charge >= 0.3 is 0 Å². The number of benzene rings is 1. The van der Waals surface area contributed by atoms with Gasteiger partial charge in [0, 0.05) is 5.69 Å². The van der Waals surface area contributed by atoms with Crippen LogP contribution in [0, 0.1) is 10.5 Å². The van der Waals surface area contributed by atoms with Crippen LogP contribution < -0.4 is 10.9 Å². The zero-order valence-electron chi connectivity index (χ0n) is 10.6. The summed E-state index contributed by atoms with van der Waals surface area (Å²) in [6, 6.07) is 7.41. The smallest absolute Gasteiger partial charge is 0.268 e. The van der Waals surface area contributed by atoms with Crippen molar-refractivity contribution in [2.24, 2.45) is 0 Å². The van der Waals surface area contributed by atoms with Gasteiger partial charge < -0.3 is 5.32 Å². The Kier molecular flexibility index (Phi) is 4.77. The van der Waals surface area contributed by atoms with Gasteiger partial charge in [-0.05, 0) is 41.6 Å². The van der Waals surface area contributed by atoms with Crippen LogP contribution >= 0.6 is 34.2 Å². The van der Waals surface area contributed by atoms with Crippen molar-refractivity contribution in [1.82, 2.24) is 9.55 Å². The molecule has 0 spiro atoms. The van der Waals surface area contributed by atoms with Crippen LogP contribution in [0.4, 0.5) is 5.69 Å². The van der Waals surface area contributed by atoms with E-state index < -0.39 is 0 Å². The van der Waals surface area contributed by atoms with E-state index in [0.717, 1.165) is 5.56 Å². The summed E-state index contributed by atoms with van der Waals surface area (Å²) < 4.78 is 1.52. The van der Waals surface area contributed by atoms with Crippen molar-refractivity contribution in [3.05, 3.63) is 55.2 Å². The minimum atomic E-state index is -0.329. The molecular formula is C13H11ClIN3O2. The van der Waals surface area contributed by atoms with Crippen LogP contribution in [0.25, 0.3) is 0 Å². The lowest BCUT2D eigenvalue weighted by Gasteiger charge is -2.08. The van der Waals surface area contributed by atoms with Crippen molar-refractivity contribution in [1.29, 1.82) is 0 Å². The highest BCUT2D eigenvalue weighted by Gasteiger charge is 2.10. The quantitative estimate of drug-likeness (QED) is 0.632. The van der Waals surface area contributed by atoms with Gasteiger partial charge in [0.15, 0.2) is 0 Å². The summed E-state index contributed by atoms with van der Waals surface area (Å²) in [4.78, 5) is 27.6. The van der Waals surface area contributed by atoms with Gasteiger partial charge in [0.05, 0.1) is 6.33 Å². The number of aromatic nitrogens is 2. The van der Waals surface area contributed by atoms with E-state index in [2.05, 4.69) is 10.3 Å². The summed E-state index contributed by atoms with van der Waals surface area (Å²) in [6.45, 7) is 1.86. The Bertz CT molecular complexity index is 698. The molecule has 5 nitrogen and oxygen atoms in total. The molecule has 1 N–H and O–H groups in total. The number of carbonyl (C=O) groups excluding carboxylic acids is 1. The second-order valence-corrected chi connectivity index (χ2v) is 5.63. The molecule has 0 atom stereocenters. The second kappa shape index (κ2) is 6.36. The Morgan fingerprint density at radius 3 is 2.70 bits per heavy atom. The predicted octanol–water partition coefficient (Wildman–Crippen LogP) is 2.45. The molecule has 0 bridgehead atoms. The first-order chi connectivity index (χ1) is 9.47. The monoisotopic (exact) mass is 403 g/mol. The molecule has 1 amide bonds. The number of hydrogen-bond donors (Lipinski definition) is 1. The fourth-order valence-corrected chi connectivity index (χ4v) is 2.12. The Hall–Kier alpha value is -1.41. The Labute approximate surface area is 134 Å². The van der Waals surface area contributed by atoms with E-state index in [0.29, 0.717) is 9.26 Å². The second-order valence-electron chi connectivity index (χ2n) is 4.20. The standard InChI is InChI=1S/C13H11ClIN3O2/c1-8-2-4-9(5-3-8)17-10(19)6-18-7-16-12(14)11(15)13(18)20/h2-5,7H,6H2,1H3,(H,17,19). The van der Waals surface area contributed by atoms with Crippen LogP contribution in [-0.4, -0.2) is 15.5 Å². The maximum atomic E-state index is 11.9. The zero-order chi connectivity index (χ0) is 14.7. The number of halogens is 2. The number of rotatable bonds is 3. The normalized spacial score (nSPS) is 10.3. The molecule has 1 aromatic heterocycles. The third-order valence-corrected chi connectivity index (χ3v) is 4.17. The van der Waals surface area contributed by atoms with Crippen LogP contribution in [-0.2, 0) is 11.3 Å². The first-order valence-corrected chi connectivity index (χ1v) is 7.20. The van der Waals surface area contributed by atoms with E-state index in [9.17, 15) is 9.59 Å². The number of carbonyl (C=O) groups is 1. The molecule has 0 unspecified atom stereocenters. The molecule has 0 saturated heterocycles. The van der Waals surface area contributed by atoms with Crippen molar-refractivity contribution in [2.75, 3.05) is 5.32 Å². The number of nitrogens with zero attached hydrogens (tertiary/aromatic N) is 2. The molecule has 0 saturated carbocycles. The lowest BCUT2D eigenvalue weighted by molar-refractivity contribution is -0.116. The molecule has 1 aromatic carbocycles. The first kappa shape index (κ1) is 15.0. The number of aryl methyl sites for hydroxylation is 1. The number of nitrogens with one attached hydrogen (secondary N) is 1. The van der Waals surface area contributed by atoms with Crippen LogP contribution in [0.2, 0.25) is 5.15 Å². The predicted molar refractivity (Wildman–Crippen MR) is 86.0 cm³/mol. The van der Waals surface area contributed by atoms with E-state index in [1.807, 2.05) is 41.6 Å². The van der Waals surface area contributed by atoms with E-state index in [4.69, 9.17) is 11.6 Å². The van der Waals surface area contributed by atoms with Crippen LogP contribution in [0.5, 0.6) is 0 Å². The maximum absolute atomic E-state index is 11.9. The SMILES string of the molecule is Cc1ccc(NC(=O)Cn2cnc(Cl)c(I)c2=O)cc1. The summed E-state index contributed by atoms with van der Waals surface area (Å²) in [5.74, 6) is -0.295. The Balaban J connectivity index is 2.11. The summed E-state index contributed by atoms with van der Waals surface area (Å²) in [5, 5.41) is 2.86. The highest BCUT2D eigenvalue weighted by Crippen LogP contribution is 2.10. The van der Waals surface area contributed by atoms with E-state index in [1.165, 1.54) is 10.9 Å². The molecular weight excluding hydrogens is 393 g/mol. The molecule has 1 heterocycles. The molecule has 0 fully saturated rings. The van der Waals surface area contributed by atoms with Gasteiger partial charge in [0.25, 0.3) is 5.56 Å². The van der Waals surface area contributed by atoms with Crippen molar-refractivity contribution in [3.8, 4) is 0 Å². The largest absolute Gasteiger partial charge is 0.325 e. The lowest BCUT2D eigenvalue weighted by atomic mass is 10.2. The summed E-state index contributed by atoms with van der Waals surface area (Å²) in [5.41, 5.74) is 1.46.